The molecular formula is C23H35N7O4. The molecule has 1 aromatic carbocycles. The lowest BCUT2D eigenvalue weighted by Crippen LogP contribution is -2.24. The van der Waals surface area contributed by atoms with Gasteiger partial charge in [0, 0.05) is 41.7 Å². The first-order chi connectivity index (χ1) is 16.5. The highest BCUT2D eigenvalue weighted by molar-refractivity contribution is 5.64. The Hall–Kier alpha value is -3.57. The minimum Gasteiger partial charge on any atom is -0.465 e. The van der Waals surface area contributed by atoms with Crippen LogP contribution in [0.4, 0.5) is 10.6 Å². The summed E-state index contributed by atoms with van der Waals surface area (Å²) in [6, 6.07) is 8.08. The first-order valence-corrected chi connectivity index (χ1v) is 11.1. The lowest BCUT2D eigenvalue weighted by molar-refractivity contribution is 0.176. The van der Waals surface area contributed by atoms with E-state index in [1.165, 1.54) is 25.5 Å². The van der Waals surface area contributed by atoms with Crippen molar-refractivity contribution < 1.29 is 21.9 Å². The van der Waals surface area contributed by atoms with Crippen molar-refractivity contribution in [2.24, 2.45) is 0 Å². The summed E-state index contributed by atoms with van der Waals surface area (Å²) in [6.45, 7) is 5.55. The summed E-state index contributed by atoms with van der Waals surface area (Å²) in [5.74, 6) is 1.77. The van der Waals surface area contributed by atoms with Gasteiger partial charge in [0.1, 0.15) is 5.82 Å². The molecule has 0 spiro atoms. The van der Waals surface area contributed by atoms with E-state index in [9.17, 15) is 4.79 Å². The van der Waals surface area contributed by atoms with Crippen molar-refractivity contribution in [2.45, 2.75) is 26.3 Å². The zero-order valence-corrected chi connectivity index (χ0v) is 19.7. The summed E-state index contributed by atoms with van der Waals surface area (Å²) in [7, 11) is 3.45. The Bertz CT molecular complexity index is 1060. The van der Waals surface area contributed by atoms with Crippen LogP contribution in [0.15, 0.2) is 34.9 Å². The van der Waals surface area contributed by atoms with E-state index in [0.717, 1.165) is 36.7 Å². The van der Waals surface area contributed by atoms with E-state index in [4.69, 9.17) is 14.5 Å². The van der Waals surface area contributed by atoms with Gasteiger partial charge in [-0.15, -0.1) is 10.2 Å². The number of rotatable bonds is 8. The lowest BCUT2D eigenvalue weighted by Gasteiger charge is -2.16. The standard InChI is InChI=1S/C19H22N6O.C4H9NO3.2H2/c1-13-17(22-16(12-21-13)25-9-3-4-10-25)19-24-23-18(26-19)15-7-5-14(6-8-15)11-20-2;1-8-3-2-5-4(6)7;;/h5-8,12,20H,3-4,9-11H2,1-2H3;5H,2-3H2,1H3,(H,6,7);2*1H. The molecule has 11 heteroatoms. The number of aryl methyl sites for hydroxylation is 1. The Morgan fingerprint density at radius 3 is 2.56 bits per heavy atom. The highest BCUT2D eigenvalue weighted by atomic mass is 16.5. The molecule has 0 bridgehead atoms. The molecule has 0 unspecified atom stereocenters. The molecule has 3 heterocycles. The SMILES string of the molecule is CNCc1ccc(-c2nnc(-c3nc(N4CCCC4)cnc3C)o2)cc1.COCCNC(=O)O.[HH].[HH]. The second-order valence-corrected chi connectivity index (χ2v) is 7.72. The van der Waals surface area contributed by atoms with Crippen molar-refractivity contribution in [3.8, 4) is 23.0 Å². The lowest BCUT2D eigenvalue weighted by atomic mass is 10.1. The second-order valence-electron chi connectivity index (χ2n) is 7.72. The van der Waals surface area contributed by atoms with Crippen LogP contribution in [0.2, 0.25) is 0 Å². The third-order valence-corrected chi connectivity index (χ3v) is 5.16. The van der Waals surface area contributed by atoms with Crippen LogP contribution in [-0.4, -0.2) is 71.8 Å². The van der Waals surface area contributed by atoms with Crippen LogP contribution in [0.25, 0.3) is 23.0 Å². The molecule has 0 saturated carbocycles. The number of benzene rings is 1. The Balaban J connectivity index is 0.000000567. The van der Waals surface area contributed by atoms with Gasteiger partial charge in [-0.25, -0.2) is 9.78 Å². The number of nitrogens with zero attached hydrogens (tertiary/aromatic N) is 5. The molecule has 1 aliphatic heterocycles. The van der Waals surface area contributed by atoms with Crippen LogP contribution in [0.5, 0.6) is 0 Å². The van der Waals surface area contributed by atoms with Crippen LogP contribution in [0, 0.1) is 6.92 Å². The van der Waals surface area contributed by atoms with E-state index >= 15 is 0 Å². The molecular weight excluding hydrogens is 438 g/mol. The van der Waals surface area contributed by atoms with Crippen molar-refractivity contribution in [1.29, 1.82) is 0 Å². The van der Waals surface area contributed by atoms with E-state index in [1.807, 2.05) is 32.3 Å². The van der Waals surface area contributed by atoms with Gasteiger partial charge >= 0.3 is 6.09 Å². The van der Waals surface area contributed by atoms with Crippen LogP contribution in [-0.2, 0) is 11.3 Å². The number of hydrogen-bond donors (Lipinski definition) is 3. The first kappa shape index (κ1) is 25.1. The van der Waals surface area contributed by atoms with Crippen molar-refractivity contribution in [3.63, 3.8) is 0 Å². The molecule has 1 saturated heterocycles. The molecule has 1 fully saturated rings. The van der Waals surface area contributed by atoms with Gasteiger partial charge in [-0.05, 0) is 44.5 Å². The third kappa shape index (κ3) is 6.96. The highest BCUT2D eigenvalue weighted by Gasteiger charge is 2.19. The average molecular weight is 474 g/mol. The molecule has 1 amide bonds. The molecule has 11 nitrogen and oxygen atoms in total. The Kier molecular flexibility index (Phi) is 9.30. The predicted molar refractivity (Wildman–Crippen MR) is 132 cm³/mol. The molecule has 3 N–H and O–H groups in total. The van der Waals surface area contributed by atoms with Crippen LogP contribution >= 0.6 is 0 Å². The summed E-state index contributed by atoms with van der Waals surface area (Å²) in [6.07, 6.45) is 3.20. The number of hydrogen-bond acceptors (Lipinski definition) is 9. The van der Waals surface area contributed by atoms with Gasteiger partial charge < -0.3 is 29.8 Å². The van der Waals surface area contributed by atoms with E-state index in [1.54, 1.807) is 0 Å². The maximum atomic E-state index is 9.71. The van der Waals surface area contributed by atoms with Gasteiger partial charge in [-0.1, -0.05) is 12.1 Å². The molecule has 4 rings (SSSR count). The number of nitrogens with one attached hydrogen (secondary N) is 2. The zero-order chi connectivity index (χ0) is 24.3. The summed E-state index contributed by atoms with van der Waals surface area (Å²) < 4.78 is 10.5. The number of aromatic nitrogens is 4. The van der Waals surface area contributed by atoms with E-state index in [2.05, 4.69) is 47.6 Å². The van der Waals surface area contributed by atoms with Crippen LogP contribution in [0.3, 0.4) is 0 Å². The Morgan fingerprint density at radius 1 is 1.21 bits per heavy atom. The molecule has 0 radical (unpaired) electrons. The third-order valence-electron chi connectivity index (χ3n) is 5.16. The van der Waals surface area contributed by atoms with Crippen LogP contribution < -0.4 is 15.5 Å². The Labute approximate surface area is 201 Å². The highest BCUT2D eigenvalue weighted by Crippen LogP contribution is 2.27. The molecule has 0 aliphatic carbocycles. The fourth-order valence-corrected chi connectivity index (χ4v) is 3.41. The normalized spacial score (nSPS) is 12.9. The van der Waals surface area contributed by atoms with E-state index in [-0.39, 0.29) is 2.85 Å². The molecule has 3 aromatic rings. The van der Waals surface area contributed by atoms with Crippen molar-refractivity contribution in [3.05, 3.63) is 41.7 Å². The number of anilines is 1. The number of methoxy groups -OCH3 is 1. The molecule has 0 atom stereocenters. The minimum absolute atomic E-state index is 0. The largest absolute Gasteiger partial charge is 0.465 e. The summed E-state index contributed by atoms with van der Waals surface area (Å²) in [5.41, 5.74) is 3.54. The minimum atomic E-state index is -1.01. The zero-order valence-electron chi connectivity index (χ0n) is 19.7. The van der Waals surface area contributed by atoms with E-state index < -0.39 is 6.09 Å². The van der Waals surface area contributed by atoms with Gasteiger partial charge in [-0.2, -0.15) is 0 Å². The number of ether oxygens (including phenoxy) is 1. The average Bonchev–Trinajstić information content (AvgIpc) is 3.54. The first-order valence-electron chi connectivity index (χ1n) is 11.1. The molecule has 1 aliphatic rings. The Morgan fingerprint density at radius 2 is 1.91 bits per heavy atom. The smallest absolute Gasteiger partial charge is 0.404 e. The van der Waals surface area contributed by atoms with Gasteiger partial charge in [0.25, 0.3) is 5.89 Å². The summed E-state index contributed by atoms with van der Waals surface area (Å²) in [4.78, 5) is 21.2. The molecule has 34 heavy (non-hydrogen) atoms. The second kappa shape index (κ2) is 12.6. The molecule has 186 valence electrons. The van der Waals surface area contributed by atoms with Crippen molar-refractivity contribution in [1.82, 2.24) is 30.8 Å². The van der Waals surface area contributed by atoms with Crippen LogP contribution in [0.1, 0.15) is 27.0 Å². The summed E-state index contributed by atoms with van der Waals surface area (Å²) in [5, 5.41) is 21.6. The summed E-state index contributed by atoms with van der Waals surface area (Å²) >= 11 is 0. The quantitative estimate of drug-likeness (QED) is 0.418. The fourth-order valence-electron chi connectivity index (χ4n) is 3.41. The fraction of sp³-hybridized carbons (Fsp3) is 0.435. The van der Waals surface area contributed by atoms with Crippen molar-refractivity contribution in [2.75, 3.05) is 45.3 Å². The van der Waals surface area contributed by atoms with Gasteiger partial charge in [0.2, 0.25) is 5.89 Å². The maximum Gasteiger partial charge on any atom is 0.404 e. The van der Waals surface area contributed by atoms with Gasteiger partial charge in [0.15, 0.2) is 5.69 Å². The predicted octanol–water partition coefficient (Wildman–Crippen LogP) is 3.21. The molecule has 2 aromatic heterocycles. The van der Waals surface area contributed by atoms with Crippen molar-refractivity contribution >= 4 is 11.9 Å². The van der Waals surface area contributed by atoms with Gasteiger partial charge in [-0.3, -0.25) is 4.98 Å². The number of amides is 1. The number of carbonyl (C=O) groups is 1. The number of carboxylic acid groups (broad SMARTS) is 1. The maximum absolute atomic E-state index is 9.71. The van der Waals surface area contributed by atoms with E-state index in [0.29, 0.717) is 30.6 Å². The van der Waals surface area contributed by atoms with Gasteiger partial charge in [0.05, 0.1) is 18.5 Å². The topological polar surface area (TPSA) is 139 Å². The monoisotopic (exact) mass is 473 g/mol.